The molecule has 2 aliphatic heterocycles. The van der Waals surface area contributed by atoms with E-state index in [1.165, 1.54) is 4.31 Å². The molecule has 190 valence electrons. The maximum atomic E-state index is 13.6. The molecule has 0 radical (unpaired) electrons. The molecule has 0 spiro atoms. The van der Waals surface area contributed by atoms with Crippen LogP contribution in [0.15, 0.2) is 24.4 Å². The summed E-state index contributed by atoms with van der Waals surface area (Å²) >= 11 is 0. The second-order valence-corrected chi connectivity index (χ2v) is 10.5. The van der Waals surface area contributed by atoms with Crippen LogP contribution in [-0.2, 0) is 27.4 Å². The standard InChI is InChI=1S/C21H25F3N6O4S/c1-35(33,34)30-7-3-2-4-16(30)17(31)11-25-19-14(21(22,23)24)10-26-20(29-19)27-13-5-6-15-12(8-13)9-18(32)28-15/h5-6,8,10,16-17,31H,2-4,7,9,11H2,1H3,(H,28,32)(H2,25,26,27,29). The number of nitrogens with zero attached hydrogens (tertiary/aromatic N) is 3. The number of hydrogen-bond acceptors (Lipinski definition) is 8. The number of carbonyl (C=O) groups excluding carboxylic acids is 1. The summed E-state index contributed by atoms with van der Waals surface area (Å²) in [6.45, 7) is -0.0966. The Hall–Kier alpha value is -2.97. The predicted octanol–water partition coefficient (Wildman–Crippen LogP) is 2.32. The highest BCUT2D eigenvalue weighted by molar-refractivity contribution is 7.88. The van der Waals surface area contributed by atoms with Crippen LogP contribution in [0.3, 0.4) is 0 Å². The van der Waals surface area contributed by atoms with E-state index in [0.29, 0.717) is 36.8 Å². The Kier molecular flexibility index (Phi) is 6.88. The first-order chi connectivity index (χ1) is 16.4. The lowest BCUT2D eigenvalue weighted by atomic mass is 10.00. The number of rotatable bonds is 7. The van der Waals surface area contributed by atoms with E-state index in [-0.39, 0.29) is 31.4 Å². The Morgan fingerprint density at radius 3 is 2.80 bits per heavy atom. The Morgan fingerprint density at radius 1 is 1.31 bits per heavy atom. The van der Waals surface area contributed by atoms with Crippen molar-refractivity contribution in [2.45, 2.75) is 44.0 Å². The number of halogens is 3. The minimum Gasteiger partial charge on any atom is -0.390 e. The highest BCUT2D eigenvalue weighted by Crippen LogP contribution is 2.35. The molecule has 2 aromatic rings. The summed E-state index contributed by atoms with van der Waals surface area (Å²) in [5, 5.41) is 18.7. The van der Waals surface area contributed by atoms with Crippen LogP contribution < -0.4 is 16.0 Å². The van der Waals surface area contributed by atoms with E-state index < -0.39 is 39.7 Å². The monoisotopic (exact) mass is 514 g/mol. The van der Waals surface area contributed by atoms with Gasteiger partial charge in [0.15, 0.2) is 0 Å². The van der Waals surface area contributed by atoms with Crippen molar-refractivity contribution in [3.05, 3.63) is 35.5 Å². The number of amides is 1. The van der Waals surface area contributed by atoms with E-state index in [0.717, 1.165) is 11.8 Å². The summed E-state index contributed by atoms with van der Waals surface area (Å²) in [6, 6.07) is 4.22. The highest BCUT2D eigenvalue weighted by Gasteiger charge is 2.37. The third-order valence-electron chi connectivity index (χ3n) is 5.93. The molecular formula is C21H25F3N6O4S. The van der Waals surface area contributed by atoms with Crippen molar-refractivity contribution in [2.24, 2.45) is 0 Å². The topological polar surface area (TPSA) is 137 Å². The molecule has 1 aromatic heterocycles. The number of fused-ring (bicyclic) bond motifs is 1. The highest BCUT2D eigenvalue weighted by atomic mass is 32.2. The molecule has 1 fully saturated rings. The largest absolute Gasteiger partial charge is 0.421 e. The van der Waals surface area contributed by atoms with Gasteiger partial charge in [-0.3, -0.25) is 4.79 Å². The predicted molar refractivity (Wildman–Crippen MR) is 123 cm³/mol. The minimum absolute atomic E-state index is 0.123. The molecule has 2 atom stereocenters. The van der Waals surface area contributed by atoms with Gasteiger partial charge in [-0.05, 0) is 36.6 Å². The lowest BCUT2D eigenvalue weighted by Gasteiger charge is -2.36. The molecular weight excluding hydrogens is 489 g/mol. The van der Waals surface area contributed by atoms with Gasteiger partial charge in [0.2, 0.25) is 21.9 Å². The van der Waals surface area contributed by atoms with Crippen LogP contribution in [0.5, 0.6) is 0 Å². The molecule has 0 bridgehead atoms. The summed E-state index contributed by atoms with van der Waals surface area (Å²) in [7, 11) is -3.58. The van der Waals surface area contributed by atoms with Crippen LogP contribution in [0.25, 0.3) is 0 Å². The number of aromatic nitrogens is 2. The number of carbonyl (C=O) groups is 1. The van der Waals surface area contributed by atoms with Crippen LogP contribution in [0, 0.1) is 0 Å². The van der Waals surface area contributed by atoms with Crippen molar-refractivity contribution >= 4 is 39.1 Å². The van der Waals surface area contributed by atoms with E-state index in [1.807, 2.05) is 0 Å². The fraction of sp³-hybridized carbons (Fsp3) is 0.476. The van der Waals surface area contributed by atoms with E-state index in [9.17, 15) is 31.5 Å². The van der Waals surface area contributed by atoms with Gasteiger partial charge in [0.25, 0.3) is 0 Å². The molecule has 1 amide bonds. The molecule has 1 aromatic carbocycles. The second kappa shape index (κ2) is 9.59. The number of benzene rings is 1. The van der Waals surface area contributed by atoms with Crippen molar-refractivity contribution in [1.29, 1.82) is 0 Å². The number of hydrogen-bond donors (Lipinski definition) is 4. The first-order valence-corrected chi connectivity index (χ1v) is 12.8. The third-order valence-corrected chi connectivity index (χ3v) is 7.23. The van der Waals surface area contributed by atoms with Gasteiger partial charge in [-0.2, -0.15) is 22.5 Å². The van der Waals surface area contributed by atoms with Crippen molar-refractivity contribution in [2.75, 3.05) is 35.3 Å². The lowest BCUT2D eigenvalue weighted by Crippen LogP contribution is -2.51. The van der Waals surface area contributed by atoms with E-state index in [2.05, 4.69) is 25.9 Å². The molecule has 3 heterocycles. The van der Waals surface area contributed by atoms with Crippen molar-refractivity contribution in [1.82, 2.24) is 14.3 Å². The second-order valence-electron chi connectivity index (χ2n) is 8.56. The molecule has 4 rings (SSSR count). The molecule has 35 heavy (non-hydrogen) atoms. The third kappa shape index (κ3) is 5.82. The van der Waals surface area contributed by atoms with Crippen LogP contribution in [0.1, 0.15) is 30.4 Å². The molecule has 0 saturated carbocycles. The maximum absolute atomic E-state index is 13.6. The zero-order chi connectivity index (χ0) is 25.4. The number of anilines is 4. The summed E-state index contributed by atoms with van der Waals surface area (Å²) in [5.41, 5.74) is 0.756. The summed E-state index contributed by atoms with van der Waals surface area (Å²) < 4.78 is 66.0. The molecule has 4 N–H and O–H groups in total. The Balaban J connectivity index is 1.52. The Labute approximate surface area is 200 Å². The van der Waals surface area contributed by atoms with Crippen molar-refractivity contribution < 1.29 is 31.5 Å². The average molecular weight is 515 g/mol. The van der Waals surface area contributed by atoms with Gasteiger partial charge < -0.3 is 21.1 Å². The normalized spacial score (nSPS) is 19.7. The van der Waals surface area contributed by atoms with E-state index in [4.69, 9.17) is 0 Å². The van der Waals surface area contributed by atoms with Crippen molar-refractivity contribution in [3.63, 3.8) is 0 Å². The molecule has 2 aliphatic rings. The minimum atomic E-state index is -4.75. The molecule has 14 heteroatoms. The van der Waals surface area contributed by atoms with Crippen LogP contribution in [-0.4, -0.2) is 65.2 Å². The van der Waals surface area contributed by atoms with Gasteiger partial charge in [0, 0.05) is 30.7 Å². The number of alkyl halides is 3. The number of piperidine rings is 1. The molecule has 10 nitrogen and oxygen atoms in total. The number of aliphatic hydroxyl groups excluding tert-OH is 1. The van der Waals surface area contributed by atoms with E-state index in [1.54, 1.807) is 18.2 Å². The Bertz CT molecular complexity index is 1220. The summed E-state index contributed by atoms with van der Waals surface area (Å²) in [6.07, 6.45) is -2.40. The zero-order valence-corrected chi connectivity index (χ0v) is 19.6. The molecule has 2 unspecified atom stereocenters. The quantitative estimate of drug-likeness (QED) is 0.442. The lowest BCUT2D eigenvalue weighted by molar-refractivity contribution is -0.137. The number of sulfonamides is 1. The SMILES string of the molecule is CS(=O)(=O)N1CCCCC1C(O)CNc1nc(Nc2ccc3c(c2)CC(=O)N3)ncc1C(F)(F)F. The molecule has 1 saturated heterocycles. The Morgan fingerprint density at radius 2 is 2.09 bits per heavy atom. The van der Waals surface area contributed by atoms with Gasteiger partial charge >= 0.3 is 6.18 Å². The van der Waals surface area contributed by atoms with Gasteiger partial charge in [-0.25, -0.2) is 13.4 Å². The van der Waals surface area contributed by atoms with Crippen molar-refractivity contribution in [3.8, 4) is 0 Å². The fourth-order valence-corrected chi connectivity index (χ4v) is 5.48. The van der Waals surface area contributed by atoms with Crippen LogP contribution in [0.2, 0.25) is 0 Å². The zero-order valence-electron chi connectivity index (χ0n) is 18.8. The van der Waals surface area contributed by atoms with Gasteiger partial charge in [0.05, 0.1) is 24.8 Å². The van der Waals surface area contributed by atoms with Gasteiger partial charge in [-0.1, -0.05) is 6.42 Å². The first kappa shape index (κ1) is 25.1. The van der Waals surface area contributed by atoms with Crippen LogP contribution in [0.4, 0.5) is 36.3 Å². The van der Waals surface area contributed by atoms with Gasteiger partial charge in [-0.15, -0.1) is 0 Å². The smallest absolute Gasteiger partial charge is 0.390 e. The average Bonchev–Trinajstić information content (AvgIpc) is 3.15. The number of nitrogens with one attached hydrogen (secondary N) is 3. The fourth-order valence-electron chi connectivity index (χ4n) is 4.28. The van der Waals surface area contributed by atoms with Gasteiger partial charge in [0.1, 0.15) is 11.4 Å². The van der Waals surface area contributed by atoms with Crippen LogP contribution >= 0.6 is 0 Å². The number of aliphatic hydroxyl groups is 1. The molecule has 0 aliphatic carbocycles. The van der Waals surface area contributed by atoms with E-state index >= 15 is 0 Å². The maximum Gasteiger partial charge on any atom is 0.421 e. The first-order valence-electron chi connectivity index (χ1n) is 10.9. The summed E-state index contributed by atoms with van der Waals surface area (Å²) in [5.74, 6) is -0.822. The summed E-state index contributed by atoms with van der Waals surface area (Å²) in [4.78, 5) is 19.2.